The highest BCUT2D eigenvalue weighted by Crippen LogP contribution is 2.29. The van der Waals surface area contributed by atoms with Gasteiger partial charge in [-0.25, -0.2) is 0 Å². The molecule has 5 heteroatoms. The minimum Gasteiger partial charge on any atom is -0.508 e. The number of benzene rings is 2. The lowest BCUT2D eigenvalue weighted by atomic mass is 10.1. The number of hydrogen-bond donors (Lipinski definition) is 3. The van der Waals surface area contributed by atoms with E-state index in [1.165, 1.54) is 6.07 Å². The quantitative estimate of drug-likeness (QED) is 0.562. The molecule has 0 aliphatic heterocycles. The molecule has 0 aliphatic rings. The van der Waals surface area contributed by atoms with Crippen LogP contribution in [0.4, 0.5) is 11.4 Å². The normalized spacial score (nSPS) is 14.6. The Hall–Kier alpha value is -2.30. The topological polar surface area (TPSA) is 57.2 Å². The van der Waals surface area contributed by atoms with Crippen molar-refractivity contribution in [3.8, 4) is 5.75 Å². The lowest BCUT2D eigenvalue weighted by Crippen LogP contribution is -2.11. The number of phenolic OH excluding ortho intramolecular Hbond substituents is 1. The van der Waals surface area contributed by atoms with Crippen molar-refractivity contribution in [2.45, 2.75) is 20.8 Å². The molecule has 3 aromatic rings. The maximum Gasteiger partial charge on any atom is 0.120 e. The molecular weight excluding hydrogens is 322 g/mol. The Balaban J connectivity index is 0.00000300. The number of pyridine rings is 1. The van der Waals surface area contributed by atoms with Gasteiger partial charge in [0.15, 0.2) is 0 Å². The van der Waals surface area contributed by atoms with Crippen LogP contribution in [0.3, 0.4) is 0 Å². The zero-order valence-corrected chi connectivity index (χ0v) is 12.9. The van der Waals surface area contributed by atoms with Crippen molar-refractivity contribution in [2.24, 2.45) is 0 Å². The van der Waals surface area contributed by atoms with Crippen LogP contribution in [0.5, 0.6) is 5.75 Å². The monoisotopic (exact) mass is 348 g/mol. The summed E-state index contributed by atoms with van der Waals surface area (Å²) >= 11 is 6.01. The van der Waals surface area contributed by atoms with Crippen molar-refractivity contribution in [3.05, 3.63) is 59.2 Å². The maximum atomic E-state index is 10.0. The fraction of sp³-hybridized carbons (Fsp3) is 0.211. The number of aromatic nitrogens is 1. The Morgan fingerprint density at radius 3 is 2.96 bits per heavy atom. The largest absolute Gasteiger partial charge is 0.508 e. The molecule has 1 aromatic heterocycles. The molecule has 0 saturated heterocycles. The lowest BCUT2D eigenvalue weighted by molar-refractivity contribution is 0.465. The average Bonchev–Trinajstić information content (AvgIpc) is 2.61. The summed E-state index contributed by atoms with van der Waals surface area (Å²) in [4.78, 5) is 4.29. The van der Waals surface area contributed by atoms with Gasteiger partial charge >= 0.3 is 0 Å². The SMILES string of the molecule is C.[2H]C([2H])([2H])C([2H])([2H])NCc1cc(Nc2ccnc3cc(Cl)ccc23)ccc1O. The van der Waals surface area contributed by atoms with E-state index in [9.17, 15) is 5.11 Å². The van der Waals surface area contributed by atoms with Crippen molar-refractivity contribution < 1.29 is 12.0 Å². The summed E-state index contributed by atoms with van der Waals surface area (Å²) in [5, 5.41) is 17.1. The fourth-order valence-electron chi connectivity index (χ4n) is 2.33. The van der Waals surface area contributed by atoms with E-state index in [0.29, 0.717) is 16.3 Å². The number of nitrogens with zero attached hydrogens (tertiary/aromatic N) is 1. The van der Waals surface area contributed by atoms with Gasteiger partial charge < -0.3 is 15.7 Å². The highest BCUT2D eigenvalue weighted by Gasteiger charge is 2.06. The van der Waals surface area contributed by atoms with Crippen LogP contribution in [0.25, 0.3) is 10.9 Å². The standard InChI is InChI=1S/C18H18ClN3O.CH4/c1-2-20-11-12-9-14(4-6-18(12)23)22-16-7-8-21-17-10-13(19)3-5-15(16)17;/h3-10,20,23H,2,11H2,1H3,(H,21,22);1H4/i1D3,2D2;. The summed E-state index contributed by atoms with van der Waals surface area (Å²) in [5.74, 6) is -0.0641. The molecule has 3 rings (SSSR count). The van der Waals surface area contributed by atoms with Crippen LogP contribution >= 0.6 is 11.6 Å². The number of phenols is 1. The first-order chi connectivity index (χ1) is 13.1. The predicted molar refractivity (Wildman–Crippen MR) is 102 cm³/mol. The highest BCUT2D eigenvalue weighted by molar-refractivity contribution is 6.31. The third-order valence-electron chi connectivity index (χ3n) is 3.43. The van der Waals surface area contributed by atoms with Gasteiger partial charge in [-0.3, -0.25) is 4.98 Å². The van der Waals surface area contributed by atoms with Crippen LogP contribution in [0, 0.1) is 0 Å². The van der Waals surface area contributed by atoms with E-state index in [1.54, 1.807) is 36.5 Å². The molecule has 1 heterocycles. The van der Waals surface area contributed by atoms with E-state index in [4.69, 9.17) is 18.5 Å². The first kappa shape index (κ1) is 12.1. The van der Waals surface area contributed by atoms with Crippen LogP contribution in [0.15, 0.2) is 48.7 Å². The third-order valence-corrected chi connectivity index (χ3v) is 3.67. The molecule has 0 amide bonds. The Bertz CT molecular complexity index is 1010. The number of aromatic hydroxyl groups is 1. The van der Waals surface area contributed by atoms with Crippen molar-refractivity contribution in [1.29, 1.82) is 0 Å². The van der Waals surface area contributed by atoms with Crippen LogP contribution in [0.2, 0.25) is 5.02 Å². The average molecular weight is 349 g/mol. The fourth-order valence-corrected chi connectivity index (χ4v) is 2.50. The van der Waals surface area contributed by atoms with E-state index in [2.05, 4.69) is 15.6 Å². The summed E-state index contributed by atoms with van der Waals surface area (Å²) in [6.07, 6.45) is 1.65. The molecule has 126 valence electrons. The van der Waals surface area contributed by atoms with E-state index >= 15 is 0 Å². The highest BCUT2D eigenvalue weighted by atomic mass is 35.5. The molecule has 24 heavy (non-hydrogen) atoms. The second-order valence-corrected chi connectivity index (χ2v) is 5.40. The first-order valence-corrected chi connectivity index (χ1v) is 7.33. The number of nitrogens with one attached hydrogen (secondary N) is 2. The molecule has 0 bridgehead atoms. The number of fused-ring (bicyclic) bond motifs is 1. The Kier molecular flexibility index (Phi) is 4.04. The van der Waals surface area contributed by atoms with Crippen molar-refractivity contribution in [3.63, 3.8) is 0 Å². The smallest absolute Gasteiger partial charge is 0.120 e. The third kappa shape index (κ3) is 3.96. The van der Waals surface area contributed by atoms with Crippen LogP contribution in [-0.4, -0.2) is 16.6 Å². The van der Waals surface area contributed by atoms with E-state index in [0.717, 1.165) is 16.6 Å². The molecule has 0 saturated carbocycles. The molecule has 0 atom stereocenters. The van der Waals surface area contributed by atoms with Gasteiger partial charge in [0.2, 0.25) is 0 Å². The van der Waals surface area contributed by atoms with Gasteiger partial charge in [0.25, 0.3) is 0 Å². The van der Waals surface area contributed by atoms with Gasteiger partial charge in [0.1, 0.15) is 5.75 Å². The number of rotatable bonds is 5. The summed E-state index contributed by atoms with van der Waals surface area (Å²) in [5.41, 5.74) is 2.51. The minimum atomic E-state index is -2.82. The summed E-state index contributed by atoms with van der Waals surface area (Å²) in [6.45, 7) is -5.56. The van der Waals surface area contributed by atoms with Crippen molar-refractivity contribution >= 4 is 33.9 Å². The molecular formula is C19H22ClN3O. The summed E-state index contributed by atoms with van der Waals surface area (Å²) in [6, 6.07) is 11.9. The Morgan fingerprint density at radius 1 is 1.25 bits per heavy atom. The Labute approximate surface area is 154 Å². The van der Waals surface area contributed by atoms with Gasteiger partial charge in [0, 0.05) is 46.9 Å². The molecule has 0 spiro atoms. The van der Waals surface area contributed by atoms with Crippen LogP contribution < -0.4 is 10.6 Å². The summed E-state index contributed by atoms with van der Waals surface area (Å²) in [7, 11) is 0. The summed E-state index contributed by atoms with van der Waals surface area (Å²) < 4.78 is 37.0. The Morgan fingerprint density at radius 2 is 2.12 bits per heavy atom. The molecule has 0 radical (unpaired) electrons. The number of halogens is 1. The second-order valence-electron chi connectivity index (χ2n) is 4.97. The van der Waals surface area contributed by atoms with Gasteiger partial charge in [-0.1, -0.05) is 25.9 Å². The van der Waals surface area contributed by atoms with E-state index in [1.807, 2.05) is 6.07 Å². The molecule has 2 aromatic carbocycles. The zero-order valence-electron chi connectivity index (χ0n) is 17.1. The molecule has 0 fully saturated rings. The molecule has 4 nitrogen and oxygen atoms in total. The van der Waals surface area contributed by atoms with Gasteiger partial charge in [-0.15, -0.1) is 0 Å². The van der Waals surface area contributed by atoms with Gasteiger partial charge in [-0.05, 0) is 49.0 Å². The van der Waals surface area contributed by atoms with E-state index < -0.39 is 13.3 Å². The lowest BCUT2D eigenvalue weighted by Gasteiger charge is -2.12. The van der Waals surface area contributed by atoms with E-state index in [-0.39, 0.29) is 19.7 Å². The second kappa shape index (κ2) is 7.99. The molecule has 0 aliphatic carbocycles. The number of anilines is 2. The molecule has 3 N–H and O–H groups in total. The van der Waals surface area contributed by atoms with Gasteiger partial charge in [0.05, 0.1) is 5.52 Å². The number of hydrogen-bond acceptors (Lipinski definition) is 4. The minimum absolute atomic E-state index is 0. The maximum absolute atomic E-state index is 10.0. The van der Waals surface area contributed by atoms with Gasteiger partial charge in [-0.2, -0.15) is 0 Å². The zero-order chi connectivity index (χ0) is 20.5. The van der Waals surface area contributed by atoms with Crippen LogP contribution in [0.1, 0.15) is 26.7 Å². The van der Waals surface area contributed by atoms with Crippen molar-refractivity contribution in [2.75, 3.05) is 11.8 Å². The van der Waals surface area contributed by atoms with Crippen LogP contribution in [-0.2, 0) is 6.54 Å². The van der Waals surface area contributed by atoms with Crippen molar-refractivity contribution in [1.82, 2.24) is 10.3 Å². The predicted octanol–water partition coefficient (Wildman–Crippen LogP) is 5.08. The molecule has 0 unspecified atom stereocenters. The first-order valence-electron chi connectivity index (χ1n) is 9.45.